The second-order valence-corrected chi connectivity index (χ2v) is 10.3. The van der Waals surface area contributed by atoms with E-state index >= 15 is 0 Å². The zero-order valence-electron chi connectivity index (χ0n) is 21.1. The van der Waals surface area contributed by atoms with Gasteiger partial charge in [-0.05, 0) is 62.1 Å². The Morgan fingerprint density at radius 2 is 1.73 bits per heavy atom. The first-order valence-electron chi connectivity index (χ1n) is 12.7. The highest BCUT2D eigenvalue weighted by atomic mass is 35.5. The Kier molecular flexibility index (Phi) is 7.74. The zero-order valence-corrected chi connectivity index (χ0v) is 21.8. The van der Waals surface area contributed by atoms with Crippen molar-refractivity contribution in [2.45, 2.75) is 43.9 Å². The number of halogens is 5. The molecule has 2 aromatic carbocycles. The van der Waals surface area contributed by atoms with E-state index in [0.29, 0.717) is 31.4 Å². The standard InChI is InChI=1S/C27H25ClF4N4O4/c28-21-12-23-19(11-22(21)29)25(38)20(13-36(23)17-3-4-17)26(39)33-16-7-9-35(10-8-16)34-24(37)14-40-18-5-1-15(2-6-18)27(30,31)32/h1-2,5-6,11-13,16-17H,3-4,7-10,14H2,(H,33,39)(H,34,37). The summed E-state index contributed by atoms with van der Waals surface area (Å²) < 4.78 is 59.2. The highest BCUT2D eigenvalue weighted by Gasteiger charge is 2.31. The van der Waals surface area contributed by atoms with Crippen LogP contribution in [0, 0.1) is 5.82 Å². The third kappa shape index (κ3) is 6.23. The Bertz CT molecular complexity index is 1500. The molecule has 2 aliphatic rings. The van der Waals surface area contributed by atoms with Gasteiger partial charge in [0.25, 0.3) is 11.8 Å². The van der Waals surface area contributed by atoms with Crippen LogP contribution in [0.25, 0.3) is 10.9 Å². The summed E-state index contributed by atoms with van der Waals surface area (Å²) in [4.78, 5) is 38.4. The number of nitrogens with zero attached hydrogens (tertiary/aromatic N) is 2. The van der Waals surface area contributed by atoms with Crippen molar-refractivity contribution < 1.29 is 31.9 Å². The van der Waals surface area contributed by atoms with E-state index in [0.717, 1.165) is 43.2 Å². The van der Waals surface area contributed by atoms with Gasteiger partial charge in [0.05, 0.1) is 16.1 Å². The molecule has 5 rings (SSSR count). The molecule has 40 heavy (non-hydrogen) atoms. The number of carbonyl (C=O) groups is 2. The Hall–Kier alpha value is -3.64. The van der Waals surface area contributed by atoms with E-state index in [1.807, 2.05) is 4.57 Å². The number of aromatic nitrogens is 1. The normalized spacial score (nSPS) is 16.6. The number of carbonyl (C=O) groups excluding carboxylic acids is 2. The molecule has 0 atom stereocenters. The van der Waals surface area contributed by atoms with Gasteiger partial charge >= 0.3 is 6.18 Å². The van der Waals surface area contributed by atoms with Crippen molar-refractivity contribution in [3.8, 4) is 5.75 Å². The van der Waals surface area contributed by atoms with Gasteiger partial charge in [-0.15, -0.1) is 0 Å². The van der Waals surface area contributed by atoms with E-state index in [4.69, 9.17) is 16.3 Å². The predicted octanol–water partition coefficient (Wildman–Crippen LogP) is 4.45. The summed E-state index contributed by atoms with van der Waals surface area (Å²) in [5.41, 5.74) is 1.70. The van der Waals surface area contributed by atoms with E-state index in [1.165, 1.54) is 12.3 Å². The van der Waals surface area contributed by atoms with Gasteiger partial charge in [0.1, 0.15) is 17.1 Å². The van der Waals surface area contributed by atoms with Crippen molar-refractivity contribution >= 4 is 34.3 Å². The molecule has 2 N–H and O–H groups in total. The van der Waals surface area contributed by atoms with Gasteiger partial charge in [-0.25, -0.2) is 9.40 Å². The van der Waals surface area contributed by atoms with Crippen molar-refractivity contribution in [1.82, 2.24) is 20.3 Å². The molecule has 1 aliphatic heterocycles. The van der Waals surface area contributed by atoms with Crippen molar-refractivity contribution in [2.75, 3.05) is 19.7 Å². The number of nitrogens with one attached hydrogen (secondary N) is 2. The number of fused-ring (bicyclic) bond motifs is 1. The lowest BCUT2D eigenvalue weighted by molar-refractivity contribution is -0.137. The highest BCUT2D eigenvalue weighted by Crippen LogP contribution is 2.37. The number of amides is 2. The lowest BCUT2D eigenvalue weighted by atomic mass is 10.0. The number of hydrazine groups is 1. The Morgan fingerprint density at radius 3 is 2.35 bits per heavy atom. The molecule has 0 unspecified atom stereocenters. The Labute approximate surface area is 230 Å². The van der Waals surface area contributed by atoms with E-state index < -0.39 is 34.8 Å². The van der Waals surface area contributed by atoms with Crippen molar-refractivity contribution in [2.24, 2.45) is 0 Å². The van der Waals surface area contributed by atoms with Crippen molar-refractivity contribution in [1.29, 1.82) is 0 Å². The maximum Gasteiger partial charge on any atom is 0.416 e. The van der Waals surface area contributed by atoms with E-state index in [-0.39, 0.29) is 40.4 Å². The number of benzene rings is 2. The topological polar surface area (TPSA) is 92.7 Å². The lowest BCUT2D eigenvalue weighted by Crippen LogP contribution is -2.52. The smallest absolute Gasteiger partial charge is 0.416 e. The minimum atomic E-state index is -4.46. The number of hydrogen-bond donors (Lipinski definition) is 2. The minimum absolute atomic E-state index is 0.0720. The molecule has 2 fully saturated rings. The van der Waals surface area contributed by atoms with Crippen molar-refractivity contribution in [3.05, 3.63) is 74.8 Å². The first kappa shape index (κ1) is 27.9. The van der Waals surface area contributed by atoms with Crippen LogP contribution in [0.15, 0.2) is 47.4 Å². The van der Waals surface area contributed by atoms with Crippen LogP contribution in [-0.4, -0.2) is 47.1 Å². The molecule has 0 bridgehead atoms. The van der Waals surface area contributed by atoms with Gasteiger partial charge < -0.3 is 14.6 Å². The largest absolute Gasteiger partial charge is 0.484 e. The molecule has 1 saturated heterocycles. The summed E-state index contributed by atoms with van der Waals surface area (Å²) in [5, 5.41) is 4.53. The number of piperidine rings is 1. The van der Waals surface area contributed by atoms with Gasteiger partial charge in [0.2, 0.25) is 5.43 Å². The molecule has 0 spiro atoms. The van der Waals surface area contributed by atoms with Crippen LogP contribution in [0.1, 0.15) is 47.6 Å². The number of alkyl halides is 3. The molecule has 13 heteroatoms. The van der Waals surface area contributed by atoms with Gasteiger partial charge in [0, 0.05) is 36.8 Å². The molecule has 2 heterocycles. The molecule has 3 aromatic rings. The summed E-state index contributed by atoms with van der Waals surface area (Å²) in [5.74, 6) is -1.63. The summed E-state index contributed by atoms with van der Waals surface area (Å²) in [6.07, 6.45) is -0.207. The number of hydrogen-bond acceptors (Lipinski definition) is 5. The third-order valence-corrected chi connectivity index (χ3v) is 7.21. The summed E-state index contributed by atoms with van der Waals surface area (Å²) in [6.45, 7) is 0.429. The molecular formula is C27H25ClF4N4O4. The van der Waals surface area contributed by atoms with Gasteiger partial charge in [-0.3, -0.25) is 19.8 Å². The van der Waals surface area contributed by atoms with Crippen LogP contribution in [0.5, 0.6) is 5.75 Å². The number of rotatable bonds is 7. The maximum atomic E-state index is 14.1. The van der Waals surface area contributed by atoms with E-state index in [1.54, 1.807) is 5.01 Å². The quantitative estimate of drug-likeness (QED) is 0.403. The Balaban J connectivity index is 1.14. The summed E-state index contributed by atoms with van der Waals surface area (Å²) in [7, 11) is 0. The van der Waals surface area contributed by atoms with Gasteiger partial charge in [-0.2, -0.15) is 13.2 Å². The molecule has 1 aliphatic carbocycles. The summed E-state index contributed by atoms with van der Waals surface area (Å²) in [6, 6.07) is 6.38. The van der Waals surface area contributed by atoms with Crippen LogP contribution >= 0.6 is 11.6 Å². The molecule has 212 valence electrons. The monoisotopic (exact) mass is 580 g/mol. The van der Waals surface area contributed by atoms with Gasteiger partial charge in [0.15, 0.2) is 6.61 Å². The fraction of sp³-hybridized carbons (Fsp3) is 0.370. The zero-order chi connectivity index (χ0) is 28.6. The average Bonchev–Trinajstić information content (AvgIpc) is 3.75. The minimum Gasteiger partial charge on any atom is -0.484 e. The predicted molar refractivity (Wildman–Crippen MR) is 139 cm³/mol. The number of pyridine rings is 1. The molecule has 2 amide bonds. The van der Waals surface area contributed by atoms with Crippen LogP contribution in [0.4, 0.5) is 17.6 Å². The molecule has 1 saturated carbocycles. The molecule has 1 aromatic heterocycles. The van der Waals surface area contributed by atoms with Crippen LogP contribution in [0.2, 0.25) is 5.02 Å². The van der Waals surface area contributed by atoms with Crippen LogP contribution < -0.4 is 20.9 Å². The second-order valence-electron chi connectivity index (χ2n) is 9.87. The second kappa shape index (κ2) is 11.1. The maximum absolute atomic E-state index is 14.1. The van der Waals surface area contributed by atoms with Gasteiger partial charge in [-0.1, -0.05) is 11.6 Å². The molecular weight excluding hydrogens is 556 g/mol. The lowest BCUT2D eigenvalue weighted by Gasteiger charge is -2.32. The fourth-order valence-corrected chi connectivity index (χ4v) is 4.82. The van der Waals surface area contributed by atoms with E-state index in [9.17, 15) is 31.9 Å². The van der Waals surface area contributed by atoms with E-state index in [2.05, 4.69) is 10.7 Å². The fourth-order valence-electron chi connectivity index (χ4n) is 4.66. The highest BCUT2D eigenvalue weighted by molar-refractivity contribution is 6.31. The summed E-state index contributed by atoms with van der Waals surface area (Å²) >= 11 is 5.93. The SMILES string of the molecule is O=C(COc1ccc(C(F)(F)F)cc1)NN1CCC(NC(=O)c2cn(C3CC3)c3cc(Cl)c(F)cc3c2=O)CC1. The molecule has 8 nitrogen and oxygen atoms in total. The third-order valence-electron chi connectivity index (χ3n) is 6.92. The Morgan fingerprint density at radius 1 is 1.05 bits per heavy atom. The number of ether oxygens (including phenoxy) is 1. The van der Waals surface area contributed by atoms with Crippen molar-refractivity contribution in [3.63, 3.8) is 0 Å². The first-order valence-corrected chi connectivity index (χ1v) is 13.1. The van der Waals surface area contributed by atoms with Crippen LogP contribution in [-0.2, 0) is 11.0 Å². The van der Waals surface area contributed by atoms with Crippen LogP contribution in [0.3, 0.4) is 0 Å². The first-order chi connectivity index (χ1) is 19.0. The average molecular weight is 581 g/mol. The molecule has 0 radical (unpaired) electrons.